The Balaban J connectivity index is 2.05. The van der Waals surface area contributed by atoms with Crippen molar-refractivity contribution < 1.29 is 0 Å². The van der Waals surface area contributed by atoms with Crippen LogP contribution < -0.4 is 0 Å². The summed E-state index contributed by atoms with van der Waals surface area (Å²) in [4.78, 5) is 6.54. The van der Waals surface area contributed by atoms with Crippen LogP contribution in [0.3, 0.4) is 0 Å². The summed E-state index contributed by atoms with van der Waals surface area (Å²) in [6, 6.07) is 4.22. The summed E-state index contributed by atoms with van der Waals surface area (Å²) >= 11 is 11.9. The van der Waals surface area contributed by atoms with E-state index in [2.05, 4.69) is 16.9 Å². The maximum Gasteiger partial charge on any atom is 0.129 e. The Hall–Kier alpha value is -0.310. The lowest BCUT2D eigenvalue weighted by Crippen LogP contribution is -2.36. The number of pyridine rings is 1. The molecule has 0 spiro atoms. The molecule has 1 aromatic heterocycles. The van der Waals surface area contributed by atoms with Crippen LogP contribution in [0, 0.1) is 0 Å². The maximum atomic E-state index is 6.06. The van der Waals surface area contributed by atoms with Crippen molar-refractivity contribution in [3.8, 4) is 0 Å². The van der Waals surface area contributed by atoms with E-state index in [4.69, 9.17) is 23.2 Å². The molecule has 4 heteroatoms. The van der Waals surface area contributed by atoms with Crippen LogP contribution in [-0.2, 0) is 6.54 Å². The molecule has 0 atom stereocenters. The van der Waals surface area contributed by atoms with Crippen LogP contribution in [-0.4, -0.2) is 23.0 Å². The number of hydrogen-bond acceptors (Lipinski definition) is 2. The molecule has 0 amide bonds. The summed E-state index contributed by atoms with van der Waals surface area (Å²) in [7, 11) is 2.11. The van der Waals surface area contributed by atoms with Gasteiger partial charge >= 0.3 is 0 Å². The van der Waals surface area contributed by atoms with Gasteiger partial charge in [-0.25, -0.2) is 4.98 Å². The molecule has 2 rings (SSSR count). The van der Waals surface area contributed by atoms with Gasteiger partial charge in [0, 0.05) is 12.6 Å². The number of halogens is 2. The normalized spacial score (nSPS) is 16.8. The van der Waals surface area contributed by atoms with Gasteiger partial charge in [0.25, 0.3) is 0 Å². The predicted octanol–water partition coefficient (Wildman–Crippen LogP) is 3.37. The van der Waals surface area contributed by atoms with Crippen LogP contribution in [0.4, 0.5) is 0 Å². The quantitative estimate of drug-likeness (QED) is 0.759. The molecule has 1 aliphatic rings. The SMILES string of the molecule is CN(Cc1nc(Cl)ccc1Cl)C1CCC1. The van der Waals surface area contributed by atoms with E-state index in [0.29, 0.717) is 16.2 Å². The van der Waals surface area contributed by atoms with Crippen molar-refractivity contribution in [3.05, 3.63) is 28.0 Å². The molecule has 0 radical (unpaired) electrons. The predicted molar refractivity (Wildman–Crippen MR) is 63.4 cm³/mol. The topological polar surface area (TPSA) is 16.1 Å². The van der Waals surface area contributed by atoms with Crippen molar-refractivity contribution in [1.29, 1.82) is 0 Å². The molecule has 1 saturated carbocycles. The largest absolute Gasteiger partial charge is 0.298 e. The lowest BCUT2D eigenvalue weighted by Gasteiger charge is -2.34. The third-order valence-electron chi connectivity index (χ3n) is 2.98. The van der Waals surface area contributed by atoms with Crippen LogP contribution in [0.15, 0.2) is 12.1 Å². The molecule has 1 aliphatic carbocycles. The molecule has 0 N–H and O–H groups in total. The highest BCUT2D eigenvalue weighted by atomic mass is 35.5. The Labute approximate surface area is 100 Å². The fraction of sp³-hybridized carbons (Fsp3) is 0.545. The molecule has 0 unspecified atom stereocenters. The van der Waals surface area contributed by atoms with Gasteiger partial charge in [-0.05, 0) is 32.0 Å². The lowest BCUT2D eigenvalue weighted by atomic mass is 9.92. The van der Waals surface area contributed by atoms with E-state index < -0.39 is 0 Å². The highest BCUT2D eigenvalue weighted by Gasteiger charge is 2.22. The second-order valence-electron chi connectivity index (χ2n) is 4.06. The first kappa shape index (κ1) is 11.2. The Kier molecular flexibility index (Phi) is 3.49. The van der Waals surface area contributed by atoms with E-state index in [0.717, 1.165) is 12.2 Å². The van der Waals surface area contributed by atoms with Crippen molar-refractivity contribution in [2.75, 3.05) is 7.05 Å². The molecule has 1 aromatic rings. The number of rotatable bonds is 3. The average Bonchev–Trinajstić information content (AvgIpc) is 2.08. The lowest BCUT2D eigenvalue weighted by molar-refractivity contribution is 0.151. The number of nitrogens with zero attached hydrogens (tertiary/aromatic N) is 2. The smallest absolute Gasteiger partial charge is 0.129 e. The van der Waals surface area contributed by atoms with E-state index in [1.54, 1.807) is 12.1 Å². The standard InChI is InChI=1S/C11H14Cl2N2/c1-15(8-3-2-4-8)7-10-9(12)5-6-11(13)14-10/h5-6,8H,2-4,7H2,1H3. The van der Waals surface area contributed by atoms with Crippen molar-refractivity contribution in [2.24, 2.45) is 0 Å². The monoisotopic (exact) mass is 244 g/mol. The van der Waals surface area contributed by atoms with Gasteiger partial charge in [0.1, 0.15) is 5.15 Å². The van der Waals surface area contributed by atoms with Gasteiger partial charge in [-0.3, -0.25) is 4.90 Å². The minimum absolute atomic E-state index is 0.511. The number of aromatic nitrogens is 1. The molecule has 82 valence electrons. The summed E-state index contributed by atoms with van der Waals surface area (Å²) in [5.74, 6) is 0. The highest BCUT2D eigenvalue weighted by Crippen LogP contribution is 2.26. The molecular weight excluding hydrogens is 231 g/mol. The zero-order valence-corrected chi connectivity index (χ0v) is 10.2. The maximum absolute atomic E-state index is 6.06. The van der Waals surface area contributed by atoms with Crippen LogP contribution >= 0.6 is 23.2 Å². The Bertz CT molecular complexity index is 350. The minimum atomic E-state index is 0.511. The first-order valence-corrected chi connectivity index (χ1v) is 5.93. The fourth-order valence-corrected chi connectivity index (χ4v) is 2.09. The Morgan fingerprint density at radius 3 is 2.73 bits per heavy atom. The first-order chi connectivity index (χ1) is 7.16. The Morgan fingerprint density at radius 2 is 2.13 bits per heavy atom. The van der Waals surface area contributed by atoms with Crippen LogP contribution in [0.5, 0.6) is 0 Å². The molecule has 0 aliphatic heterocycles. The molecule has 1 fully saturated rings. The molecule has 15 heavy (non-hydrogen) atoms. The molecule has 1 heterocycles. The van der Waals surface area contributed by atoms with Crippen LogP contribution in [0.1, 0.15) is 25.0 Å². The van der Waals surface area contributed by atoms with Gasteiger partial charge in [-0.1, -0.05) is 29.6 Å². The van der Waals surface area contributed by atoms with Gasteiger partial charge in [0.15, 0.2) is 0 Å². The third-order valence-corrected chi connectivity index (χ3v) is 3.54. The van der Waals surface area contributed by atoms with E-state index in [-0.39, 0.29) is 0 Å². The van der Waals surface area contributed by atoms with Crippen molar-refractivity contribution in [3.63, 3.8) is 0 Å². The molecule has 2 nitrogen and oxygen atoms in total. The van der Waals surface area contributed by atoms with Gasteiger partial charge in [0.05, 0.1) is 10.7 Å². The number of hydrogen-bond donors (Lipinski definition) is 0. The van der Waals surface area contributed by atoms with Crippen molar-refractivity contribution >= 4 is 23.2 Å². The molecule has 0 bridgehead atoms. The van der Waals surface area contributed by atoms with Crippen molar-refractivity contribution in [2.45, 2.75) is 31.8 Å². The summed E-state index contributed by atoms with van der Waals surface area (Å²) in [5.41, 5.74) is 0.874. The Morgan fingerprint density at radius 1 is 1.40 bits per heavy atom. The second kappa shape index (κ2) is 4.69. The highest BCUT2D eigenvalue weighted by molar-refractivity contribution is 6.32. The summed E-state index contributed by atoms with van der Waals surface area (Å²) in [6.07, 6.45) is 3.91. The molecule has 0 aromatic carbocycles. The zero-order valence-electron chi connectivity index (χ0n) is 8.71. The average molecular weight is 245 g/mol. The fourth-order valence-electron chi connectivity index (χ4n) is 1.76. The van der Waals surface area contributed by atoms with Crippen molar-refractivity contribution in [1.82, 2.24) is 9.88 Å². The first-order valence-electron chi connectivity index (χ1n) is 5.18. The van der Waals surface area contributed by atoms with Gasteiger partial charge in [-0.15, -0.1) is 0 Å². The van der Waals surface area contributed by atoms with E-state index >= 15 is 0 Å². The zero-order chi connectivity index (χ0) is 10.8. The van der Waals surface area contributed by atoms with Gasteiger partial charge < -0.3 is 0 Å². The van der Waals surface area contributed by atoms with Crippen LogP contribution in [0.25, 0.3) is 0 Å². The summed E-state index contributed by atoms with van der Waals surface area (Å²) in [5, 5.41) is 1.21. The van der Waals surface area contributed by atoms with Gasteiger partial charge in [0.2, 0.25) is 0 Å². The summed E-state index contributed by atoms with van der Waals surface area (Å²) in [6.45, 7) is 0.782. The van der Waals surface area contributed by atoms with E-state index in [9.17, 15) is 0 Å². The van der Waals surface area contributed by atoms with Crippen LogP contribution in [0.2, 0.25) is 10.2 Å². The molecule has 0 saturated heterocycles. The van der Waals surface area contributed by atoms with E-state index in [1.807, 2.05) is 0 Å². The second-order valence-corrected chi connectivity index (χ2v) is 4.86. The minimum Gasteiger partial charge on any atom is -0.298 e. The third kappa shape index (κ3) is 2.63. The van der Waals surface area contributed by atoms with Gasteiger partial charge in [-0.2, -0.15) is 0 Å². The van der Waals surface area contributed by atoms with E-state index in [1.165, 1.54) is 19.3 Å². The summed E-state index contributed by atoms with van der Waals surface area (Å²) < 4.78 is 0. The molecular formula is C11H14Cl2N2.